The van der Waals surface area contributed by atoms with Crippen LogP contribution in [0.25, 0.3) is 0 Å². The Balaban J connectivity index is 1.73. The van der Waals surface area contributed by atoms with Crippen LogP contribution in [-0.2, 0) is 4.74 Å². The van der Waals surface area contributed by atoms with Gasteiger partial charge in [-0.25, -0.2) is 0 Å². The van der Waals surface area contributed by atoms with Crippen LogP contribution < -0.4 is 11.3 Å². The molecule has 3 rings (SSSR count). The van der Waals surface area contributed by atoms with E-state index in [1.807, 2.05) is 6.20 Å². The molecular formula is C13H22N4OS. The lowest BCUT2D eigenvalue weighted by Gasteiger charge is -2.45. The number of nitrogens with one attached hydrogen (secondary N) is 1. The summed E-state index contributed by atoms with van der Waals surface area (Å²) >= 11 is 1.44. The van der Waals surface area contributed by atoms with Gasteiger partial charge in [-0.2, -0.15) is 0 Å². The lowest BCUT2D eigenvalue weighted by atomic mass is 9.74. The molecule has 1 aliphatic carbocycles. The molecule has 5 nitrogen and oxygen atoms in total. The number of aromatic nitrogens is 2. The van der Waals surface area contributed by atoms with Crippen molar-refractivity contribution in [3.63, 3.8) is 0 Å². The molecule has 1 saturated heterocycles. The van der Waals surface area contributed by atoms with E-state index in [0.29, 0.717) is 5.92 Å². The van der Waals surface area contributed by atoms with Crippen molar-refractivity contribution in [1.29, 1.82) is 0 Å². The second-order valence-corrected chi connectivity index (χ2v) is 6.63. The Kier molecular flexibility index (Phi) is 4.12. The number of nitrogens with zero attached hydrogens (tertiary/aromatic N) is 2. The van der Waals surface area contributed by atoms with Gasteiger partial charge in [-0.15, -0.1) is 5.10 Å². The normalized spacial score (nSPS) is 28.4. The van der Waals surface area contributed by atoms with Gasteiger partial charge in [0.1, 0.15) is 0 Å². The highest BCUT2D eigenvalue weighted by Crippen LogP contribution is 2.44. The van der Waals surface area contributed by atoms with Crippen molar-refractivity contribution in [2.24, 2.45) is 11.8 Å². The van der Waals surface area contributed by atoms with Gasteiger partial charge in [-0.3, -0.25) is 11.3 Å². The Morgan fingerprint density at radius 1 is 1.42 bits per heavy atom. The highest BCUT2D eigenvalue weighted by molar-refractivity contribution is 7.05. The maximum Gasteiger partial charge on any atom is 0.0686 e. The van der Waals surface area contributed by atoms with E-state index in [-0.39, 0.29) is 11.6 Å². The average Bonchev–Trinajstić information content (AvgIpc) is 2.95. The summed E-state index contributed by atoms with van der Waals surface area (Å²) in [7, 11) is 0. The molecule has 0 aromatic carbocycles. The first-order chi connectivity index (χ1) is 9.33. The summed E-state index contributed by atoms with van der Waals surface area (Å²) in [6.45, 7) is 0.856. The van der Waals surface area contributed by atoms with Gasteiger partial charge in [0, 0.05) is 6.61 Å². The summed E-state index contributed by atoms with van der Waals surface area (Å²) in [6.07, 6.45) is 10.4. The van der Waals surface area contributed by atoms with Gasteiger partial charge in [0.2, 0.25) is 0 Å². The molecule has 1 saturated carbocycles. The first-order valence-electron chi connectivity index (χ1n) is 7.20. The molecule has 1 aromatic heterocycles. The quantitative estimate of drug-likeness (QED) is 0.656. The van der Waals surface area contributed by atoms with E-state index in [4.69, 9.17) is 10.6 Å². The molecule has 2 fully saturated rings. The van der Waals surface area contributed by atoms with Gasteiger partial charge >= 0.3 is 0 Å². The van der Waals surface area contributed by atoms with Crippen LogP contribution in [0.3, 0.4) is 0 Å². The van der Waals surface area contributed by atoms with E-state index in [1.54, 1.807) is 0 Å². The summed E-state index contributed by atoms with van der Waals surface area (Å²) in [5.41, 5.74) is 3.09. The van der Waals surface area contributed by atoms with Gasteiger partial charge in [0.25, 0.3) is 0 Å². The molecular weight excluding hydrogens is 260 g/mol. The minimum atomic E-state index is 0.119. The third-order valence-corrected chi connectivity index (χ3v) is 5.38. The van der Waals surface area contributed by atoms with Crippen molar-refractivity contribution in [2.75, 3.05) is 6.61 Å². The monoisotopic (exact) mass is 282 g/mol. The molecule has 1 aromatic rings. The molecule has 0 bridgehead atoms. The number of hydrogen-bond acceptors (Lipinski definition) is 6. The second kappa shape index (κ2) is 5.83. The van der Waals surface area contributed by atoms with Crippen LogP contribution in [0.4, 0.5) is 0 Å². The fraction of sp³-hybridized carbons (Fsp3) is 0.846. The fourth-order valence-corrected chi connectivity index (χ4v) is 4.31. The van der Waals surface area contributed by atoms with Crippen LogP contribution in [0.15, 0.2) is 6.20 Å². The largest absolute Gasteiger partial charge is 0.375 e. The number of hydrogen-bond donors (Lipinski definition) is 2. The molecule has 2 heterocycles. The van der Waals surface area contributed by atoms with Crippen LogP contribution in [0.5, 0.6) is 0 Å². The van der Waals surface area contributed by atoms with E-state index in [2.05, 4.69) is 15.0 Å². The zero-order valence-electron chi connectivity index (χ0n) is 11.2. The lowest BCUT2D eigenvalue weighted by Crippen LogP contribution is -2.45. The summed E-state index contributed by atoms with van der Waals surface area (Å²) in [6, 6.07) is 0.169. The van der Waals surface area contributed by atoms with Crippen molar-refractivity contribution in [2.45, 2.75) is 56.6 Å². The summed E-state index contributed by atoms with van der Waals surface area (Å²) in [5, 5.41) is 3.93. The second-order valence-electron chi connectivity index (χ2n) is 5.81. The third kappa shape index (κ3) is 2.81. The van der Waals surface area contributed by atoms with E-state index in [0.717, 1.165) is 24.3 Å². The van der Waals surface area contributed by atoms with Gasteiger partial charge in [-0.1, -0.05) is 23.8 Å². The Labute approximate surface area is 118 Å². The molecule has 3 N–H and O–H groups in total. The number of nitrogens with two attached hydrogens (primary N) is 1. The van der Waals surface area contributed by atoms with Crippen molar-refractivity contribution in [1.82, 2.24) is 15.0 Å². The molecule has 0 radical (unpaired) electrons. The molecule has 2 aliphatic rings. The zero-order valence-corrected chi connectivity index (χ0v) is 12.0. The summed E-state index contributed by atoms with van der Waals surface area (Å²) in [5.74, 6) is 6.30. The Morgan fingerprint density at radius 3 is 2.95 bits per heavy atom. The van der Waals surface area contributed by atoms with Crippen LogP contribution >= 0.6 is 11.5 Å². The molecule has 1 spiro atoms. The minimum Gasteiger partial charge on any atom is -0.375 e. The Hall–Kier alpha value is -0.560. The van der Waals surface area contributed by atoms with Gasteiger partial charge < -0.3 is 4.74 Å². The maximum atomic E-state index is 6.15. The molecule has 19 heavy (non-hydrogen) atoms. The maximum absolute atomic E-state index is 6.15. The first-order valence-corrected chi connectivity index (χ1v) is 7.98. The number of hydrazine groups is 1. The molecule has 0 amide bonds. The van der Waals surface area contributed by atoms with Crippen molar-refractivity contribution in [3.05, 3.63) is 11.1 Å². The molecule has 2 unspecified atom stereocenters. The van der Waals surface area contributed by atoms with E-state index < -0.39 is 0 Å². The topological polar surface area (TPSA) is 73.1 Å². The third-order valence-electron chi connectivity index (χ3n) is 4.63. The van der Waals surface area contributed by atoms with Gasteiger partial charge in [0.15, 0.2) is 0 Å². The number of ether oxygens (including phenoxy) is 1. The fourth-order valence-electron chi connectivity index (χ4n) is 3.66. The average molecular weight is 282 g/mol. The molecule has 6 heteroatoms. The van der Waals surface area contributed by atoms with Crippen LogP contribution in [0.1, 0.15) is 55.9 Å². The standard InChI is InChI=1S/C13H22N4OS/c14-16-12(11-9-15-17-19-11)10-4-7-18-13(8-10)5-2-1-3-6-13/h9-10,12,16H,1-8,14H2. The number of rotatable bonds is 3. The first kappa shape index (κ1) is 13.4. The predicted octanol–water partition coefficient (Wildman–Crippen LogP) is 2.17. The minimum absolute atomic E-state index is 0.119. The Bertz CT molecular complexity index is 386. The zero-order chi connectivity index (χ0) is 13.1. The van der Waals surface area contributed by atoms with E-state index >= 15 is 0 Å². The van der Waals surface area contributed by atoms with Crippen molar-refractivity contribution < 1.29 is 4.74 Å². The lowest BCUT2D eigenvalue weighted by molar-refractivity contribution is -0.122. The molecule has 106 valence electrons. The smallest absolute Gasteiger partial charge is 0.0686 e. The summed E-state index contributed by atoms with van der Waals surface area (Å²) < 4.78 is 10.1. The molecule has 2 atom stereocenters. The van der Waals surface area contributed by atoms with Gasteiger partial charge in [0.05, 0.1) is 22.7 Å². The Morgan fingerprint density at radius 2 is 2.26 bits per heavy atom. The van der Waals surface area contributed by atoms with Crippen molar-refractivity contribution in [3.8, 4) is 0 Å². The van der Waals surface area contributed by atoms with Crippen LogP contribution in [-0.4, -0.2) is 21.8 Å². The molecule has 1 aliphatic heterocycles. The van der Waals surface area contributed by atoms with E-state index in [1.165, 1.54) is 43.6 Å². The SMILES string of the molecule is NNC(c1cnns1)C1CCOC2(CCCCC2)C1. The van der Waals surface area contributed by atoms with Crippen LogP contribution in [0, 0.1) is 5.92 Å². The summed E-state index contributed by atoms with van der Waals surface area (Å²) in [4.78, 5) is 1.14. The highest BCUT2D eigenvalue weighted by Gasteiger charge is 2.41. The predicted molar refractivity (Wildman–Crippen MR) is 74.5 cm³/mol. The van der Waals surface area contributed by atoms with E-state index in [9.17, 15) is 0 Å². The highest BCUT2D eigenvalue weighted by atomic mass is 32.1. The van der Waals surface area contributed by atoms with Gasteiger partial charge in [-0.05, 0) is 43.1 Å². The van der Waals surface area contributed by atoms with Crippen LogP contribution in [0.2, 0.25) is 0 Å². The van der Waals surface area contributed by atoms with Crippen molar-refractivity contribution >= 4 is 11.5 Å².